The van der Waals surface area contributed by atoms with Gasteiger partial charge in [0, 0.05) is 32.6 Å². The average Bonchev–Trinajstić information content (AvgIpc) is 2.91. The first-order chi connectivity index (χ1) is 19.5. The number of carbonyl (C=O) groups excluding carboxylic acids is 2. The third-order valence-corrected chi connectivity index (χ3v) is 7.57. The lowest BCUT2D eigenvalue weighted by molar-refractivity contribution is -0.139. The van der Waals surface area contributed by atoms with Gasteiger partial charge in [-0.3, -0.25) is 9.59 Å². The molecule has 3 N–H and O–H groups in total. The fourth-order valence-electron chi connectivity index (χ4n) is 4.65. The molecule has 2 aromatic rings. The maximum atomic E-state index is 14.4. The topological polar surface area (TPSA) is 90.9 Å². The highest BCUT2D eigenvalue weighted by Crippen LogP contribution is 2.29. The number of hydrogen-bond donors (Lipinski definition) is 3. The molecule has 0 radical (unpaired) electrons. The number of fused-ring (bicyclic) bond motifs is 2. The van der Waals surface area contributed by atoms with Gasteiger partial charge in [0.2, 0.25) is 11.8 Å². The number of amides is 2. The molecule has 0 saturated carbocycles. The van der Waals surface area contributed by atoms with Crippen molar-refractivity contribution in [3.63, 3.8) is 0 Å². The van der Waals surface area contributed by atoms with Crippen molar-refractivity contribution in [2.75, 3.05) is 32.2 Å². The molecule has 1 aliphatic heterocycles. The summed E-state index contributed by atoms with van der Waals surface area (Å²) in [5.74, 6) is -0.231. The van der Waals surface area contributed by atoms with E-state index < -0.39 is 41.7 Å². The maximum absolute atomic E-state index is 14.4. The second-order valence-electron chi connectivity index (χ2n) is 10.1. The Hall–Kier alpha value is -2.83. The highest BCUT2D eigenvalue weighted by Gasteiger charge is 2.32. The number of carbonyl (C=O) groups is 2. The van der Waals surface area contributed by atoms with Gasteiger partial charge in [-0.15, -0.1) is 0 Å². The molecule has 3 rings (SSSR count). The van der Waals surface area contributed by atoms with Crippen LogP contribution in [0.4, 0.5) is 17.6 Å². The van der Waals surface area contributed by atoms with Crippen molar-refractivity contribution in [2.24, 2.45) is 0 Å². The predicted molar refractivity (Wildman–Crippen MR) is 150 cm³/mol. The fourth-order valence-corrected chi connectivity index (χ4v) is 5.11. The summed E-state index contributed by atoms with van der Waals surface area (Å²) in [7, 11) is 1.59. The minimum Gasteiger partial charge on any atom is -0.493 e. The van der Waals surface area contributed by atoms with Crippen LogP contribution in [0.1, 0.15) is 42.4 Å². The van der Waals surface area contributed by atoms with Crippen molar-refractivity contribution < 1.29 is 37.0 Å². The largest absolute Gasteiger partial charge is 0.493 e. The van der Waals surface area contributed by atoms with Gasteiger partial charge < -0.3 is 25.4 Å². The molecule has 7 nitrogen and oxygen atoms in total. The lowest BCUT2D eigenvalue weighted by Gasteiger charge is -2.31. The van der Waals surface area contributed by atoms with Crippen LogP contribution in [0.25, 0.3) is 0 Å². The SMILES string of the molecule is CSCC[C@H]1C(=O)N[C@H]([C@H](O)CNCc2cccc(C(F)(F)F)c2)Cc2cc(F)cc(c2)OCCCCC(=O)N1C. The lowest BCUT2D eigenvalue weighted by atomic mass is 9.99. The van der Waals surface area contributed by atoms with Crippen LogP contribution < -0.4 is 15.4 Å². The molecule has 0 fully saturated rings. The van der Waals surface area contributed by atoms with Crippen LogP contribution >= 0.6 is 11.8 Å². The summed E-state index contributed by atoms with van der Waals surface area (Å²) in [6.45, 7) is 0.274. The van der Waals surface area contributed by atoms with Gasteiger partial charge in [-0.05, 0) is 67.0 Å². The molecule has 2 amide bonds. The Bertz CT molecular complexity index is 1170. The van der Waals surface area contributed by atoms with E-state index in [2.05, 4.69) is 10.6 Å². The van der Waals surface area contributed by atoms with Gasteiger partial charge in [0.25, 0.3) is 0 Å². The maximum Gasteiger partial charge on any atom is 0.416 e. The van der Waals surface area contributed by atoms with Crippen molar-refractivity contribution in [3.05, 3.63) is 65.0 Å². The number of nitrogens with zero attached hydrogens (tertiary/aromatic N) is 1. The number of benzene rings is 2. The molecule has 41 heavy (non-hydrogen) atoms. The van der Waals surface area contributed by atoms with E-state index in [1.54, 1.807) is 13.1 Å². The summed E-state index contributed by atoms with van der Waals surface area (Å²) >= 11 is 1.54. The van der Waals surface area contributed by atoms with E-state index >= 15 is 0 Å². The third kappa shape index (κ3) is 10.2. The van der Waals surface area contributed by atoms with Gasteiger partial charge >= 0.3 is 6.18 Å². The van der Waals surface area contributed by atoms with Crippen LogP contribution in [0.5, 0.6) is 5.75 Å². The number of likely N-dealkylation sites (N-methyl/N-ethyl adjacent to an activating group) is 1. The van der Waals surface area contributed by atoms with Crippen LogP contribution in [0.15, 0.2) is 42.5 Å². The van der Waals surface area contributed by atoms with Gasteiger partial charge in [-0.2, -0.15) is 24.9 Å². The third-order valence-electron chi connectivity index (χ3n) is 6.93. The van der Waals surface area contributed by atoms with Crippen molar-refractivity contribution in [1.82, 2.24) is 15.5 Å². The Morgan fingerprint density at radius 3 is 2.71 bits per heavy atom. The number of hydrogen-bond acceptors (Lipinski definition) is 6. The number of halogens is 4. The lowest BCUT2D eigenvalue weighted by Crippen LogP contribution is -2.55. The first kappa shape index (κ1) is 32.7. The molecule has 0 aliphatic carbocycles. The van der Waals surface area contributed by atoms with Crippen molar-refractivity contribution in [1.29, 1.82) is 0 Å². The summed E-state index contributed by atoms with van der Waals surface area (Å²) in [4.78, 5) is 27.8. The van der Waals surface area contributed by atoms with Gasteiger partial charge in [-0.25, -0.2) is 4.39 Å². The summed E-state index contributed by atoms with van der Waals surface area (Å²) in [5, 5.41) is 16.9. The Morgan fingerprint density at radius 1 is 1.20 bits per heavy atom. The second-order valence-corrected chi connectivity index (χ2v) is 11.1. The number of thioether (sulfide) groups is 1. The monoisotopic (exact) mass is 599 g/mol. The van der Waals surface area contributed by atoms with Crippen molar-refractivity contribution in [2.45, 2.75) is 63.0 Å². The zero-order valence-electron chi connectivity index (χ0n) is 23.2. The zero-order chi connectivity index (χ0) is 30.0. The Labute approximate surface area is 242 Å². The number of nitrogens with one attached hydrogen (secondary N) is 2. The fraction of sp³-hybridized carbons (Fsp3) is 0.517. The van der Waals surface area contributed by atoms with Crippen molar-refractivity contribution >= 4 is 23.6 Å². The van der Waals surface area contributed by atoms with Crippen molar-refractivity contribution in [3.8, 4) is 5.75 Å². The first-order valence-corrected chi connectivity index (χ1v) is 14.9. The van der Waals surface area contributed by atoms with E-state index in [0.29, 0.717) is 48.5 Å². The molecule has 12 heteroatoms. The molecule has 2 aromatic carbocycles. The molecule has 226 valence electrons. The molecule has 1 heterocycles. The van der Waals surface area contributed by atoms with E-state index in [1.807, 2.05) is 6.26 Å². The number of aliphatic hydroxyl groups excluding tert-OH is 1. The van der Waals surface area contributed by atoms with Gasteiger partial charge in [0.15, 0.2) is 0 Å². The van der Waals surface area contributed by atoms with Crippen LogP contribution in [-0.4, -0.2) is 72.2 Å². The minimum atomic E-state index is -4.47. The van der Waals surface area contributed by atoms with Crippen LogP contribution in [0.3, 0.4) is 0 Å². The Kier molecular flexibility index (Phi) is 12.3. The Balaban J connectivity index is 1.82. The molecular weight excluding hydrogens is 562 g/mol. The van der Waals surface area contributed by atoms with E-state index in [4.69, 9.17) is 4.74 Å². The van der Waals surface area contributed by atoms with E-state index in [0.717, 1.165) is 12.1 Å². The first-order valence-electron chi connectivity index (χ1n) is 13.5. The standard InChI is InChI=1S/C29H37F4N3O4S/c1-36-25(9-11-41-2)28(39)35-24(26(37)18-34-17-19-6-5-7-21(12-19)29(31,32)33)15-20-13-22(30)16-23(14-20)40-10-4-3-8-27(36)38/h5-7,12-14,16,24-26,34,37H,3-4,8-11,15,17-18H2,1-2H3,(H,35,39)/t24-,25-,26+/m0/s1. The molecule has 2 bridgehead atoms. The summed E-state index contributed by atoms with van der Waals surface area (Å²) in [6, 6.07) is 7.40. The normalized spacial score (nSPS) is 20.0. The summed E-state index contributed by atoms with van der Waals surface area (Å²) in [5.41, 5.74) is 0.0926. The molecule has 0 unspecified atom stereocenters. The highest BCUT2D eigenvalue weighted by atomic mass is 32.2. The van der Waals surface area contributed by atoms with E-state index in [-0.39, 0.29) is 31.8 Å². The minimum absolute atomic E-state index is 0.0488. The molecule has 0 aromatic heterocycles. The molecule has 1 aliphatic rings. The number of aliphatic hydroxyl groups is 1. The summed E-state index contributed by atoms with van der Waals surface area (Å²) < 4.78 is 59.3. The van der Waals surface area contributed by atoms with E-state index in [9.17, 15) is 32.3 Å². The van der Waals surface area contributed by atoms with Gasteiger partial charge in [-0.1, -0.05) is 18.2 Å². The average molecular weight is 600 g/mol. The van der Waals surface area contributed by atoms with E-state index in [1.165, 1.54) is 40.9 Å². The van der Waals surface area contributed by atoms with Crippen LogP contribution in [0, 0.1) is 5.82 Å². The quantitative estimate of drug-likeness (QED) is 0.395. The smallest absolute Gasteiger partial charge is 0.416 e. The van der Waals surface area contributed by atoms with Crippen LogP contribution in [-0.2, 0) is 28.7 Å². The molecule has 3 atom stereocenters. The molecule has 0 spiro atoms. The van der Waals surface area contributed by atoms with Gasteiger partial charge in [0.05, 0.1) is 24.3 Å². The number of ether oxygens (including phenoxy) is 1. The van der Waals surface area contributed by atoms with Crippen LogP contribution in [0.2, 0.25) is 0 Å². The Morgan fingerprint density at radius 2 is 1.98 bits per heavy atom. The number of rotatable bonds is 8. The number of alkyl halides is 3. The zero-order valence-corrected chi connectivity index (χ0v) is 24.0. The highest BCUT2D eigenvalue weighted by molar-refractivity contribution is 7.98. The molecule has 0 saturated heterocycles. The molecular formula is C29H37F4N3O4S. The van der Waals surface area contributed by atoms with Gasteiger partial charge in [0.1, 0.15) is 17.6 Å². The second kappa shape index (κ2) is 15.4. The predicted octanol–water partition coefficient (Wildman–Crippen LogP) is 4.17. The summed E-state index contributed by atoms with van der Waals surface area (Å²) in [6.07, 6.45) is -1.96.